The Morgan fingerprint density at radius 3 is 2.73 bits per heavy atom. The maximum Gasteiger partial charge on any atom is 0.405 e. The molecule has 1 N–H and O–H groups in total. The fourth-order valence-electron chi connectivity index (χ4n) is 1.16. The van der Waals surface area contributed by atoms with Gasteiger partial charge in [0, 0.05) is 6.54 Å². The highest BCUT2D eigenvalue weighted by atomic mass is 19.4. The Balaban J connectivity index is 2.38. The summed E-state index contributed by atoms with van der Waals surface area (Å²) < 4.78 is 47.9. The molecule has 1 aliphatic heterocycles. The molecule has 1 heterocycles. The van der Waals surface area contributed by atoms with Gasteiger partial charge in [0.25, 0.3) is 0 Å². The molecular weight excluding hydrogens is 216 g/mol. The summed E-state index contributed by atoms with van der Waals surface area (Å²) in [6.07, 6.45) is -2.81. The van der Waals surface area contributed by atoms with Crippen molar-refractivity contribution >= 4 is 6.03 Å². The van der Waals surface area contributed by atoms with Crippen molar-refractivity contribution in [3.05, 3.63) is 11.9 Å². The van der Waals surface area contributed by atoms with Crippen molar-refractivity contribution in [3.8, 4) is 0 Å². The van der Waals surface area contributed by atoms with Crippen LogP contribution in [-0.4, -0.2) is 36.7 Å². The van der Waals surface area contributed by atoms with Crippen LogP contribution in [0.2, 0.25) is 0 Å². The number of nitrogens with one attached hydrogen (secondary N) is 1. The van der Waals surface area contributed by atoms with E-state index in [1.807, 2.05) is 0 Å². The van der Waals surface area contributed by atoms with Gasteiger partial charge in [-0.25, -0.2) is 9.18 Å². The van der Waals surface area contributed by atoms with Crippen LogP contribution in [0.5, 0.6) is 0 Å². The number of amides is 2. The predicted molar refractivity (Wildman–Crippen MR) is 44.8 cm³/mol. The molecular formula is C8H10F4N2O. The van der Waals surface area contributed by atoms with Gasteiger partial charge in [-0.3, -0.25) is 0 Å². The molecule has 0 saturated carbocycles. The highest BCUT2D eigenvalue weighted by Crippen LogP contribution is 2.14. The zero-order valence-electron chi connectivity index (χ0n) is 7.77. The standard InChI is InChI=1S/C8H10F4N2O/c9-6-2-1-3-14(4-6)7(15)13-5-8(10,11)12/h2H,1,3-5H2,(H,13,15). The molecule has 7 heteroatoms. The highest BCUT2D eigenvalue weighted by Gasteiger charge is 2.29. The third kappa shape index (κ3) is 4.18. The zero-order chi connectivity index (χ0) is 11.5. The second-order valence-corrected chi connectivity index (χ2v) is 3.14. The number of hydrogen-bond acceptors (Lipinski definition) is 1. The molecule has 2 amide bonds. The van der Waals surface area contributed by atoms with Crippen LogP contribution in [0.1, 0.15) is 6.42 Å². The summed E-state index contributed by atoms with van der Waals surface area (Å²) in [5, 5.41) is 1.68. The Labute approximate surface area is 83.7 Å². The van der Waals surface area contributed by atoms with Crippen LogP contribution >= 0.6 is 0 Å². The zero-order valence-corrected chi connectivity index (χ0v) is 7.77. The monoisotopic (exact) mass is 226 g/mol. The lowest BCUT2D eigenvalue weighted by atomic mass is 10.2. The molecule has 3 nitrogen and oxygen atoms in total. The van der Waals surface area contributed by atoms with Crippen LogP contribution in [0.15, 0.2) is 11.9 Å². The van der Waals surface area contributed by atoms with E-state index in [2.05, 4.69) is 0 Å². The topological polar surface area (TPSA) is 32.3 Å². The minimum Gasteiger partial charge on any atom is -0.329 e. The maximum absolute atomic E-state index is 12.7. The van der Waals surface area contributed by atoms with E-state index in [1.165, 1.54) is 6.08 Å². The molecule has 0 bridgehead atoms. The van der Waals surface area contributed by atoms with Crippen LogP contribution < -0.4 is 5.32 Å². The van der Waals surface area contributed by atoms with Crippen LogP contribution in [0.25, 0.3) is 0 Å². The number of carbonyl (C=O) groups excluding carboxylic acids is 1. The summed E-state index contributed by atoms with van der Waals surface area (Å²) in [5.41, 5.74) is 0. The third-order valence-electron chi connectivity index (χ3n) is 1.83. The van der Waals surface area contributed by atoms with Crippen molar-refractivity contribution in [1.82, 2.24) is 10.2 Å². The number of nitrogens with zero attached hydrogens (tertiary/aromatic N) is 1. The van der Waals surface area contributed by atoms with Crippen molar-refractivity contribution < 1.29 is 22.4 Å². The Kier molecular flexibility index (Phi) is 3.54. The summed E-state index contributed by atoms with van der Waals surface area (Å²) in [6.45, 7) is -1.42. The summed E-state index contributed by atoms with van der Waals surface area (Å²) >= 11 is 0. The predicted octanol–water partition coefficient (Wildman–Crippen LogP) is 1.82. The normalized spacial score (nSPS) is 17.3. The van der Waals surface area contributed by atoms with Crippen LogP contribution in [-0.2, 0) is 0 Å². The molecule has 0 radical (unpaired) electrons. The molecule has 0 aromatic rings. The maximum atomic E-state index is 12.7. The lowest BCUT2D eigenvalue weighted by Crippen LogP contribution is -2.45. The third-order valence-corrected chi connectivity index (χ3v) is 1.83. The van der Waals surface area contributed by atoms with Gasteiger partial charge in [0.1, 0.15) is 12.4 Å². The first-order chi connectivity index (χ1) is 6.88. The molecule has 0 spiro atoms. The van der Waals surface area contributed by atoms with E-state index in [0.717, 1.165) is 4.90 Å². The number of alkyl halides is 3. The molecule has 0 saturated heterocycles. The number of carbonyl (C=O) groups is 1. The smallest absolute Gasteiger partial charge is 0.329 e. The van der Waals surface area contributed by atoms with E-state index in [1.54, 1.807) is 5.32 Å². The average Bonchev–Trinajstić information content (AvgIpc) is 2.13. The van der Waals surface area contributed by atoms with E-state index in [0.29, 0.717) is 6.42 Å². The summed E-state index contributed by atoms with van der Waals surface area (Å²) in [4.78, 5) is 12.1. The molecule has 0 aromatic carbocycles. The van der Waals surface area contributed by atoms with Crippen molar-refractivity contribution in [2.45, 2.75) is 12.6 Å². The fourth-order valence-corrected chi connectivity index (χ4v) is 1.16. The van der Waals surface area contributed by atoms with E-state index in [4.69, 9.17) is 0 Å². The van der Waals surface area contributed by atoms with Gasteiger partial charge >= 0.3 is 12.2 Å². The van der Waals surface area contributed by atoms with Gasteiger partial charge in [-0.1, -0.05) is 0 Å². The molecule has 0 unspecified atom stereocenters. The second-order valence-electron chi connectivity index (χ2n) is 3.14. The van der Waals surface area contributed by atoms with Gasteiger partial charge in [-0.05, 0) is 12.5 Å². The summed E-state index contributed by atoms with van der Waals surface area (Å²) in [6, 6.07) is -0.893. The Hall–Kier alpha value is -1.27. The quantitative estimate of drug-likeness (QED) is 0.679. The molecule has 86 valence electrons. The number of rotatable bonds is 1. The molecule has 0 aliphatic carbocycles. The molecule has 15 heavy (non-hydrogen) atoms. The van der Waals surface area contributed by atoms with Gasteiger partial charge in [-0.2, -0.15) is 13.2 Å². The minimum atomic E-state index is -4.44. The van der Waals surface area contributed by atoms with Crippen LogP contribution in [0.3, 0.4) is 0 Å². The van der Waals surface area contributed by atoms with Crippen molar-refractivity contribution in [3.63, 3.8) is 0 Å². The van der Waals surface area contributed by atoms with Gasteiger partial charge in [-0.15, -0.1) is 0 Å². The summed E-state index contributed by atoms with van der Waals surface area (Å²) in [5.74, 6) is -0.497. The van der Waals surface area contributed by atoms with Crippen molar-refractivity contribution in [2.75, 3.05) is 19.6 Å². The molecule has 0 fully saturated rings. The Morgan fingerprint density at radius 2 is 2.20 bits per heavy atom. The largest absolute Gasteiger partial charge is 0.405 e. The Bertz CT molecular complexity index is 274. The van der Waals surface area contributed by atoms with E-state index in [-0.39, 0.29) is 13.1 Å². The first kappa shape index (κ1) is 11.8. The lowest BCUT2D eigenvalue weighted by molar-refractivity contribution is -0.123. The van der Waals surface area contributed by atoms with Gasteiger partial charge < -0.3 is 10.2 Å². The van der Waals surface area contributed by atoms with Crippen molar-refractivity contribution in [2.24, 2.45) is 0 Å². The first-order valence-electron chi connectivity index (χ1n) is 4.32. The number of urea groups is 1. The summed E-state index contributed by atoms with van der Waals surface area (Å²) in [7, 11) is 0. The molecule has 0 atom stereocenters. The van der Waals surface area contributed by atoms with Crippen molar-refractivity contribution in [1.29, 1.82) is 0 Å². The number of hydrogen-bond donors (Lipinski definition) is 1. The second kappa shape index (κ2) is 4.50. The van der Waals surface area contributed by atoms with Crippen LogP contribution in [0.4, 0.5) is 22.4 Å². The van der Waals surface area contributed by atoms with Gasteiger partial charge in [0.15, 0.2) is 0 Å². The first-order valence-corrected chi connectivity index (χ1v) is 4.32. The molecule has 0 aromatic heterocycles. The van der Waals surface area contributed by atoms with E-state index >= 15 is 0 Å². The van der Waals surface area contributed by atoms with E-state index < -0.39 is 24.6 Å². The number of halogens is 4. The van der Waals surface area contributed by atoms with Gasteiger partial charge in [0.05, 0.1) is 6.54 Å². The van der Waals surface area contributed by atoms with E-state index in [9.17, 15) is 22.4 Å². The average molecular weight is 226 g/mol. The fraction of sp³-hybridized carbons (Fsp3) is 0.625. The molecule has 1 aliphatic rings. The lowest BCUT2D eigenvalue weighted by Gasteiger charge is -2.24. The highest BCUT2D eigenvalue weighted by molar-refractivity contribution is 5.74. The van der Waals surface area contributed by atoms with Gasteiger partial charge in [0.2, 0.25) is 0 Å². The SMILES string of the molecule is O=C(NCC(F)(F)F)N1CCC=C(F)C1. The Morgan fingerprint density at radius 1 is 1.53 bits per heavy atom. The minimum absolute atomic E-state index is 0.233. The molecule has 1 rings (SSSR count). The van der Waals surface area contributed by atoms with Crippen LogP contribution in [0, 0.1) is 0 Å².